The molecule has 0 saturated carbocycles. The van der Waals surface area contributed by atoms with Crippen molar-refractivity contribution in [3.8, 4) is 0 Å². The van der Waals surface area contributed by atoms with Crippen LogP contribution in [-0.4, -0.2) is 11.5 Å². The first-order valence-corrected chi connectivity index (χ1v) is 6.81. The maximum absolute atomic E-state index is 4.77. The first-order valence-electron chi connectivity index (χ1n) is 6.81. The molecule has 1 N–H and O–H groups in total. The molecule has 0 atom stereocenters. The molecule has 96 valence electrons. The predicted molar refractivity (Wildman–Crippen MR) is 79.4 cm³/mol. The molecule has 0 spiro atoms. The van der Waals surface area contributed by atoms with Gasteiger partial charge in [0.05, 0.1) is 5.52 Å². The van der Waals surface area contributed by atoms with Gasteiger partial charge >= 0.3 is 0 Å². The Labute approximate surface area is 109 Å². The number of fused-ring (bicyclic) bond motifs is 1. The summed E-state index contributed by atoms with van der Waals surface area (Å²) in [4.78, 5) is 4.77. The van der Waals surface area contributed by atoms with E-state index >= 15 is 0 Å². The third-order valence-corrected chi connectivity index (χ3v) is 3.43. The number of nitrogens with one attached hydrogen (secondary N) is 1. The number of rotatable bonds is 4. The smallest absolute Gasteiger partial charge is 0.0755 e. The molecule has 1 aromatic heterocycles. The third-order valence-electron chi connectivity index (χ3n) is 3.43. The largest absolute Gasteiger partial charge is 0.384 e. The van der Waals surface area contributed by atoms with E-state index in [9.17, 15) is 0 Å². The number of aryl methyl sites for hydroxylation is 2. The highest BCUT2D eigenvalue weighted by Crippen LogP contribution is 2.30. The van der Waals surface area contributed by atoms with Crippen LogP contribution >= 0.6 is 0 Å². The third kappa shape index (κ3) is 2.20. The summed E-state index contributed by atoms with van der Waals surface area (Å²) >= 11 is 0. The molecule has 0 radical (unpaired) electrons. The number of pyridine rings is 1. The van der Waals surface area contributed by atoms with Gasteiger partial charge in [0, 0.05) is 23.3 Å². The Kier molecular flexibility index (Phi) is 3.85. The van der Waals surface area contributed by atoms with E-state index < -0.39 is 0 Å². The number of aromatic nitrogens is 1. The number of hydrogen-bond donors (Lipinski definition) is 1. The Bertz CT molecular complexity index is 559. The number of nitrogens with zero attached hydrogens (tertiary/aromatic N) is 1. The standard InChI is InChI=1S/C16H22N2/c1-5-10-17-16-13(6-2)12(4)18-15-11(3)8-7-9-14(15)16/h7-9H,5-6,10H2,1-4H3,(H,17,18). The summed E-state index contributed by atoms with van der Waals surface area (Å²) in [5.41, 5.74) is 6.16. The molecular weight excluding hydrogens is 220 g/mol. The monoisotopic (exact) mass is 242 g/mol. The lowest BCUT2D eigenvalue weighted by atomic mass is 10.0. The molecule has 0 aliphatic carbocycles. The SMILES string of the molecule is CCCNc1c(CC)c(C)nc2c(C)cccc12. The van der Waals surface area contributed by atoms with Gasteiger partial charge in [0.15, 0.2) is 0 Å². The lowest BCUT2D eigenvalue weighted by molar-refractivity contribution is 0.968. The second-order valence-corrected chi connectivity index (χ2v) is 4.80. The van der Waals surface area contributed by atoms with Crippen molar-refractivity contribution in [2.75, 3.05) is 11.9 Å². The average molecular weight is 242 g/mol. The maximum atomic E-state index is 4.77. The van der Waals surface area contributed by atoms with Crippen molar-refractivity contribution in [2.24, 2.45) is 0 Å². The highest BCUT2D eigenvalue weighted by molar-refractivity contribution is 5.95. The number of para-hydroxylation sites is 1. The first-order chi connectivity index (χ1) is 8.69. The summed E-state index contributed by atoms with van der Waals surface area (Å²) in [6, 6.07) is 6.42. The van der Waals surface area contributed by atoms with E-state index in [1.54, 1.807) is 0 Å². The fraction of sp³-hybridized carbons (Fsp3) is 0.438. The van der Waals surface area contributed by atoms with Crippen molar-refractivity contribution < 1.29 is 0 Å². The maximum Gasteiger partial charge on any atom is 0.0755 e. The van der Waals surface area contributed by atoms with E-state index in [-0.39, 0.29) is 0 Å². The molecule has 0 aliphatic rings. The highest BCUT2D eigenvalue weighted by atomic mass is 14.9. The van der Waals surface area contributed by atoms with Gasteiger partial charge in [-0.25, -0.2) is 0 Å². The number of anilines is 1. The van der Waals surface area contributed by atoms with Crippen LogP contribution in [0.25, 0.3) is 10.9 Å². The summed E-state index contributed by atoms with van der Waals surface area (Å²) in [6.07, 6.45) is 2.16. The quantitative estimate of drug-likeness (QED) is 0.867. The van der Waals surface area contributed by atoms with E-state index in [4.69, 9.17) is 4.98 Å². The van der Waals surface area contributed by atoms with Crippen LogP contribution in [0.4, 0.5) is 5.69 Å². The zero-order valence-corrected chi connectivity index (χ0v) is 11.8. The van der Waals surface area contributed by atoms with Crippen molar-refractivity contribution >= 4 is 16.6 Å². The second kappa shape index (κ2) is 5.38. The fourth-order valence-corrected chi connectivity index (χ4v) is 2.47. The van der Waals surface area contributed by atoms with Crippen LogP contribution in [-0.2, 0) is 6.42 Å². The van der Waals surface area contributed by atoms with Gasteiger partial charge in [0.2, 0.25) is 0 Å². The van der Waals surface area contributed by atoms with Gasteiger partial charge in [0.1, 0.15) is 0 Å². The summed E-state index contributed by atoms with van der Waals surface area (Å²) < 4.78 is 0. The molecule has 2 rings (SSSR count). The van der Waals surface area contributed by atoms with Gasteiger partial charge in [0.25, 0.3) is 0 Å². The van der Waals surface area contributed by atoms with Gasteiger partial charge in [-0.05, 0) is 37.8 Å². The molecule has 2 aromatic rings. The minimum Gasteiger partial charge on any atom is -0.384 e. The van der Waals surface area contributed by atoms with Crippen LogP contribution in [0.5, 0.6) is 0 Å². The van der Waals surface area contributed by atoms with Crippen molar-refractivity contribution in [2.45, 2.75) is 40.5 Å². The van der Waals surface area contributed by atoms with Crippen LogP contribution in [0.3, 0.4) is 0 Å². The van der Waals surface area contributed by atoms with Crippen molar-refractivity contribution in [1.82, 2.24) is 4.98 Å². The summed E-state index contributed by atoms with van der Waals surface area (Å²) in [5, 5.41) is 4.84. The van der Waals surface area contributed by atoms with Gasteiger partial charge < -0.3 is 5.32 Å². The Morgan fingerprint density at radius 3 is 2.61 bits per heavy atom. The Hall–Kier alpha value is -1.57. The number of hydrogen-bond acceptors (Lipinski definition) is 2. The Balaban J connectivity index is 2.71. The van der Waals surface area contributed by atoms with Crippen LogP contribution in [0.2, 0.25) is 0 Å². The summed E-state index contributed by atoms with van der Waals surface area (Å²) in [7, 11) is 0. The Morgan fingerprint density at radius 2 is 1.94 bits per heavy atom. The van der Waals surface area contributed by atoms with Gasteiger partial charge in [-0.3, -0.25) is 4.98 Å². The van der Waals surface area contributed by atoms with Gasteiger partial charge in [-0.15, -0.1) is 0 Å². The molecule has 0 bridgehead atoms. The molecule has 2 nitrogen and oxygen atoms in total. The van der Waals surface area contributed by atoms with E-state index in [1.807, 2.05) is 0 Å². The lowest BCUT2D eigenvalue weighted by Gasteiger charge is -2.16. The highest BCUT2D eigenvalue weighted by Gasteiger charge is 2.11. The fourth-order valence-electron chi connectivity index (χ4n) is 2.47. The van der Waals surface area contributed by atoms with E-state index in [0.29, 0.717) is 0 Å². The first kappa shape index (κ1) is 12.9. The van der Waals surface area contributed by atoms with Crippen molar-refractivity contribution in [1.29, 1.82) is 0 Å². The second-order valence-electron chi connectivity index (χ2n) is 4.80. The molecule has 2 heteroatoms. The normalized spacial score (nSPS) is 10.9. The molecule has 0 saturated heterocycles. The van der Waals surface area contributed by atoms with Crippen LogP contribution in [0.15, 0.2) is 18.2 Å². The Morgan fingerprint density at radius 1 is 1.17 bits per heavy atom. The van der Waals surface area contributed by atoms with Crippen LogP contribution in [0, 0.1) is 13.8 Å². The van der Waals surface area contributed by atoms with E-state index in [2.05, 4.69) is 51.2 Å². The molecular formula is C16H22N2. The van der Waals surface area contributed by atoms with Crippen molar-refractivity contribution in [3.05, 3.63) is 35.0 Å². The average Bonchev–Trinajstić information content (AvgIpc) is 2.37. The van der Waals surface area contributed by atoms with Gasteiger partial charge in [-0.1, -0.05) is 32.0 Å². The zero-order chi connectivity index (χ0) is 13.1. The predicted octanol–water partition coefficient (Wildman–Crippen LogP) is 4.24. The molecule has 18 heavy (non-hydrogen) atoms. The molecule has 0 amide bonds. The molecule has 0 unspecified atom stereocenters. The molecule has 0 aliphatic heterocycles. The minimum atomic E-state index is 1.01. The molecule has 1 heterocycles. The van der Waals surface area contributed by atoms with E-state index in [0.717, 1.165) is 30.6 Å². The molecule has 1 aromatic carbocycles. The van der Waals surface area contributed by atoms with Gasteiger partial charge in [-0.2, -0.15) is 0 Å². The summed E-state index contributed by atoms with van der Waals surface area (Å²) in [6.45, 7) is 9.65. The zero-order valence-electron chi connectivity index (χ0n) is 11.8. The molecule has 0 fully saturated rings. The van der Waals surface area contributed by atoms with Crippen LogP contribution in [0.1, 0.15) is 37.1 Å². The van der Waals surface area contributed by atoms with Crippen LogP contribution < -0.4 is 5.32 Å². The lowest BCUT2D eigenvalue weighted by Crippen LogP contribution is -2.06. The minimum absolute atomic E-state index is 1.01. The van der Waals surface area contributed by atoms with Crippen molar-refractivity contribution in [3.63, 3.8) is 0 Å². The van der Waals surface area contributed by atoms with E-state index in [1.165, 1.54) is 22.2 Å². The topological polar surface area (TPSA) is 24.9 Å². The summed E-state index contributed by atoms with van der Waals surface area (Å²) in [5.74, 6) is 0. The number of benzene rings is 1.